The summed E-state index contributed by atoms with van der Waals surface area (Å²) in [5.41, 5.74) is 0.510. The molecule has 0 aliphatic heterocycles. The Bertz CT molecular complexity index is 674. The number of nitrogens with one attached hydrogen (secondary N) is 1. The lowest BCUT2D eigenvalue weighted by molar-refractivity contribution is 0.272. The van der Waals surface area contributed by atoms with E-state index in [1.807, 2.05) is 0 Å². The number of aliphatic hydroxyl groups is 1. The minimum atomic E-state index is -3.66. The van der Waals surface area contributed by atoms with Crippen molar-refractivity contribution in [2.75, 3.05) is 0 Å². The van der Waals surface area contributed by atoms with Gasteiger partial charge in [0.1, 0.15) is 0 Å². The van der Waals surface area contributed by atoms with Crippen LogP contribution >= 0.6 is 0 Å². The molecule has 2 rings (SSSR count). The van der Waals surface area contributed by atoms with Gasteiger partial charge in [-0.2, -0.15) is 4.98 Å². The number of sulfonamides is 1. The fourth-order valence-electron chi connectivity index (χ4n) is 1.54. The minimum absolute atomic E-state index is 0.0526. The summed E-state index contributed by atoms with van der Waals surface area (Å²) in [5, 5.41) is 12.6. The third-order valence-electron chi connectivity index (χ3n) is 2.55. The molecule has 0 aliphatic rings. The van der Waals surface area contributed by atoms with Crippen molar-refractivity contribution < 1.29 is 18.0 Å². The molecule has 2 heterocycles. The molecule has 2 N–H and O–H groups in total. The van der Waals surface area contributed by atoms with Gasteiger partial charge in [-0.15, -0.1) is 0 Å². The van der Waals surface area contributed by atoms with E-state index in [4.69, 9.17) is 9.63 Å². The van der Waals surface area contributed by atoms with E-state index in [0.717, 1.165) is 0 Å². The molecule has 0 saturated carbocycles. The third kappa shape index (κ3) is 3.00. The first kappa shape index (κ1) is 13.7. The summed E-state index contributed by atoms with van der Waals surface area (Å²) in [6.45, 7) is 1.34. The normalized spacial score (nSPS) is 11.9. The average Bonchev–Trinajstić information content (AvgIpc) is 2.93. The van der Waals surface area contributed by atoms with E-state index in [1.165, 1.54) is 12.3 Å². The van der Waals surface area contributed by atoms with E-state index in [2.05, 4.69) is 14.9 Å². The molecule has 0 saturated heterocycles. The molecule has 0 fully saturated rings. The van der Waals surface area contributed by atoms with Crippen molar-refractivity contribution in [1.29, 1.82) is 0 Å². The number of nitrogens with zero attached hydrogens (tertiary/aromatic N) is 3. The second kappa shape index (κ2) is 5.11. The Morgan fingerprint density at radius 2 is 2.26 bits per heavy atom. The lowest BCUT2D eigenvalue weighted by atomic mass is 10.5. The van der Waals surface area contributed by atoms with E-state index in [0.29, 0.717) is 11.6 Å². The molecule has 0 atom stereocenters. The Morgan fingerprint density at radius 3 is 2.79 bits per heavy atom. The molecule has 104 valence electrons. The van der Waals surface area contributed by atoms with Gasteiger partial charge in [-0.3, -0.25) is 0 Å². The maximum atomic E-state index is 12.0. The van der Waals surface area contributed by atoms with Crippen molar-refractivity contribution >= 4 is 10.0 Å². The SMILES string of the molecule is Cc1nc(CNS(=O)(=O)c2cc(CO)n(C)c2)no1. The zero-order chi connectivity index (χ0) is 14.0. The molecule has 0 radical (unpaired) electrons. The number of hydrogen-bond donors (Lipinski definition) is 2. The molecule has 0 spiro atoms. The van der Waals surface area contributed by atoms with Gasteiger partial charge in [0.15, 0.2) is 5.82 Å². The van der Waals surface area contributed by atoms with Crippen LogP contribution in [0.25, 0.3) is 0 Å². The zero-order valence-electron chi connectivity index (χ0n) is 10.5. The van der Waals surface area contributed by atoms with Gasteiger partial charge in [0, 0.05) is 25.9 Å². The van der Waals surface area contributed by atoms with Crippen molar-refractivity contribution in [3.05, 3.63) is 29.7 Å². The Balaban J connectivity index is 2.13. The number of aromatic nitrogens is 3. The van der Waals surface area contributed by atoms with Crippen LogP contribution in [-0.4, -0.2) is 28.2 Å². The lowest BCUT2D eigenvalue weighted by Crippen LogP contribution is -2.23. The summed E-state index contributed by atoms with van der Waals surface area (Å²) in [6.07, 6.45) is 1.43. The molecule has 0 unspecified atom stereocenters. The van der Waals surface area contributed by atoms with E-state index >= 15 is 0 Å². The first-order chi connectivity index (χ1) is 8.92. The Kier molecular flexibility index (Phi) is 3.69. The summed E-state index contributed by atoms with van der Waals surface area (Å²) < 4.78 is 32.7. The highest BCUT2D eigenvalue weighted by Gasteiger charge is 2.18. The van der Waals surface area contributed by atoms with Crippen LogP contribution in [0.5, 0.6) is 0 Å². The van der Waals surface area contributed by atoms with Crippen LogP contribution in [0.1, 0.15) is 17.4 Å². The Labute approximate surface area is 110 Å². The van der Waals surface area contributed by atoms with Crippen LogP contribution < -0.4 is 4.72 Å². The highest BCUT2D eigenvalue weighted by molar-refractivity contribution is 7.89. The van der Waals surface area contributed by atoms with Crippen LogP contribution in [-0.2, 0) is 30.2 Å². The van der Waals surface area contributed by atoms with Gasteiger partial charge in [0.05, 0.1) is 18.0 Å². The molecule has 2 aromatic heterocycles. The monoisotopic (exact) mass is 286 g/mol. The van der Waals surface area contributed by atoms with Gasteiger partial charge in [0.25, 0.3) is 0 Å². The van der Waals surface area contributed by atoms with E-state index in [-0.39, 0.29) is 23.9 Å². The molecule has 8 nitrogen and oxygen atoms in total. The fraction of sp³-hybridized carbons (Fsp3) is 0.400. The van der Waals surface area contributed by atoms with Crippen molar-refractivity contribution in [1.82, 2.24) is 19.4 Å². The first-order valence-corrected chi connectivity index (χ1v) is 6.95. The smallest absolute Gasteiger partial charge is 0.242 e. The fourth-order valence-corrected chi connectivity index (χ4v) is 2.61. The van der Waals surface area contributed by atoms with Crippen LogP contribution in [0.3, 0.4) is 0 Å². The Hall–Kier alpha value is -1.71. The van der Waals surface area contributed by atoms with Crippen LogP contribution in [0.2, 0.25) is 0 Å². The number of rotatable bonds is 5. The Morgan fingerprint density at radius 1 is 1.53 bits per heavy atom. The van der Waals surface area contributed by atoms with Gasteiger partial charge >= 0.3 is 0 Å². The number of aliphatic hydroxyl groups excluding tert-OH is 1. The summed E-state index contributed by atoms with van der Waals surface area (Å²) in [7, 11) is -2.00. The highest BCUT2D eigenvalue weighted by Crippen LogP contribution is 2.13. The first-order valence-electron chi connectivity index (χ1n) is 5.47. The molecule has 0 amide bonds. The van der Waals surface area contributed by atoms with Crippen molar-refractivity contribution in [3.8, 4) is 0 Å². The molecular weight excluding hydrogens is 272 g/mol. The van der Waals surface area contributed by atoms with Gasteiger partial charge in [-0.05, 0) is 6.07 Å². The standard InChI is InChI=1S/C10H14N4O4S/c1-7-12-10(13-18-7)4-11-19(16,17)9-3-8(6-15)14(2)5-9/h3,5,11,15H,4,6H2,1-2H3. The lowest BCUT2D eigenvalue weighted by Gasteiger charge is -2.01. The molecule has 0 aliphatic carbocycles. The second-order valence-corrected chi connectivity index (χ2v) is 5.76. The van der Waals surface area contributed by atoms with Crippen LogP contribution in [0.4, 0.5) is 0 Å². The maximum Gasteiger partial charge on any atom is 0.242 e. The average molecular weight is 286 g/mol. The summed E-state index contributed by atoms with van der Waals surface area (Å²) in [4.78, 5) is 3.98. The molecule has 2 aromatic rings. The van der Waals surface area contributed by atoms with Gasteiger partial charge in [-0.25, -0.2) is 13.1 Å². The van der Waals surface area contributed by atoms with Gasteiger partial charge in [-0.1, -0.05) is 5.16 Å². The van der Waals surface area contributed by atoms with Crippen LogP contribution in [0, 0.1) is 6.92 Å². The number of aryl methyl sites for hydroxylation is 2. The van der Waals surface area contributed by atoms with Gasteiger partial charge in [0.2, 0.25) is 15.9 Å². The molecule has 0 bridgehead atoms. The summed E-state index contributed by atoms with van der Waals surface area (Å²) >= 11 is 0. The van der Waals surface area contributed by atoms with Gasteiger partial charge < -0.3 is 14.2 Å². The predicted molar refractivity (Wildman–Crippen MR) is 64.4 cm³/mol. The van der Waals surface area contributed by atoms with Crippen molar-refractivity contribution in [2.45, 2.75) is 25.0 Å². The van der Waals surface area contributed by atoms with E-state index in [9.17, 15) is 8.42 Å². The quantitative estimate of drug-likeness (QED) is 0.780. The molecule has 0 aromatic carbocycles. The van der Waals surface area contributed by atoms with Crippen molar-refractivity contribution in [2.24, 2.45) is 7.05 Å². The minimum Gasteiger partial charge on any atom is -0.390 e. The number of hydrogen-bond acceptors (Lipinski definition) is 6. The largest absolute Gasteiger partial charge is 0.390 e. The van der Waals surface area contributed by atoms with E-state index < -0.39 is 10.0 Å². The second-order valence-electron chi connectivity index (χ2n) is 3.99. The molecular formula is C10H14N4O4S. The molecule has 19 heavy (non-hydrogen) atoms. The van der Waals surface area contributed by atoms with Crippen molar-refractivity contribution in [3.63, 3.8) is 0 Å². The third-order valence-corrected chi connectivity index (χ3v) is 3.91. The zero-order valence-corrected chi connectivity index (χ0v) is 11.3. The topological polar surface area (TPSA) is 110 Å². The van der Waals surface area contributed by atoms with E-state index in [1.54, 1.807) is 18.5 Å². The predicted octanol–water partition coefficient (Wildman–Crippen LogP) is -0.313. The molecule has 9 heteroatoms. The summed E-state index contributed by atoms with van der Waals surface area (Å²) in [5.74, 6) is 0.635. The summed E-state index contributed by atoms with van der Waals surface area (Å²) in [6, 6.07) is 1.41. The maximum absolute atomic E-state index is 12.0. The highest BCUT2D eigenvalue weighted by atomic mass is 32.2. The van der Waals surface area contributed by atoms with Crippen LogP contribution in [0.15, 0.2) is 21.7 Å².